The largest absolute Gasteiger partial charge is 2.00 e. The average molecular weight is 467 g/mol. The van der Waals surface area contributed by atoms with Gasteiger partial charge < -0.3 is 0 Å². The SMILES string of the molecule is CCCCCc1c[cH-]c(CCCCC)c1.CCCCCc1cc[c-](CCCCC)c1.[Fe+2]. The molecule has 0 bridgehead atoms. The summed E-state index contributed by atoms with van der Waals surface area (Å²) in [6, 6.07) is 14.1. The Labute approximate surface area is 205 Å². The van der Waals surface area contributed by atoms with Crippen LogP contribution in [0.4, 0.5) is 0 Å². The van der Waals surface area contributed by atoms with Crippen LogP contribution in [0.25, 0.3) is 0 Å². The molecule has 31 heavy (non-hydrogen) atoms. The maximum Gasteiger partial charge on any atom is 2.00 e. The van der Waals surface area contributed by atoms with E-state index in [-0.39, 0.29) is 17.1 Å². The van der Waals surface area contributed by atoms with Crippen molar-refractivity contribution in [1.82, 2.24) is 0 Å². The molecule has 0 radical (unpaired) electrons. The predicted molar refractivity (Wildman–Crippen MR) is 137 cm³/mol. The number of unbranched alkanes of at least 4 members (excludes halogenated alkanes) is 8. The molecule has 2 aromatic rings. The maximum atomic E-state index is 2.41. The Hall–Kier alpha value is -0.781. The Bertz CT molecular complexity index is 500. The quantitative estimate of drug-likeness (QED) is 0.131. The molecule has 0 aliphatic carbocycles. The van der Waals surface area contributed by atoms with E-state index in [9.17, 15) is 0 Å². The second-order valence-electron chi connectivity index (χ2n) is 9.08. The molecule has 0 saturated heterocycles. The summed E-state index contributed by atoms with van der Waals surface area (Å²) in [5, 5.41) is 0. The first-order chi connectivity index (χ1) is 14.7. The van der Waals surface area contributed by atoms with Crippen molar-refractivity contribution in [2.24, 2.45) is 0 Å². The van der Waals surface area contributed by atoms with E-state index < -0.39 is 0 Å². The summed E-state index contributed by atoms with van der Waals surface area (Å²) >= 11 is 0. The molecule has 0 heterocycles. The van der Waals surface area contributed by atoms with Crippen molar-refractivity contribution in [3.63, 3.8) is 0 Å². The first kappa shape index (κ1) is 30.2. The third-order valence-corrected chi connectivity index (χ3v) is 6.04. The minimum Gasteiger partial charge on any atom is -0.210 e. The predicted octanol–water partition coefficient (Wildman–Crippen LogP) is 9.74. The van der Waals surface area contributed by atoms with Crippen LogP contribution in [0.15, 0.2) is 36.4 Å². The Morgan fingerprint density at radius 2 is 1.23 bits per heavy atom. The van der Waals surface area contributed by atoms with Gasteiger partial charge in [0, 0.05) is 0 Å². The van der Waals surface area contributed by atoms with Gasteiger partial charge in [0.1, 0.15) is 0 Å². The molecule has 0 aliphatic heterocycles. The number of aryl methyl sites for hydroxylation is 4. The van der Waals surface area contributed by atoms with Gasteiger partial charge in [-0.05, 0) is 0 Å². The molecule has 0 aliphatic rings. The van der Waals surface area contributed by atoms with Gasteiger partial charge in [-0.2, -0.15) is 46.5 Å². The average Bonchev–Trinajstić information content (AvgIpc) is 3.39. The van der Waals surface area contributed by atoms with Crippen LogP contribution in [0.5, 0.6) is 0 Å². The molecule has 1 heteroatoms. The molecule has 0 unspecified atom stereocenters. The van der Waals surface area contributed by atoms with E-state index in [1.807, 2.05) is 0 Å². The van der Waals surface area contributed by atoms with Crippen molar-refractivity contribution >= 4 is 0 Å². The minimum absolute atomic E-state index is 0. The molecule has 0 atom stereocenters. The molecule has 0 aromatic heterocycles. The summed E-state index contributed by atoms with van der Waals surface area (Å²) in [7, 11) is 0. The molecule has 178 valence electrons. The van der Waals surface area contributed by atoms with Crippen molar-refractivity contribution in [2.45, 2.75) is 130 Å². The van der Waals surface area contributed by atoms with Gasteiger partial charge in [-0.15, -0.1) is 0 Å². The van der Waals surface area contributed by atoms with Crippen molar-refractivity contribution in [3.8, 4) is 0 Å². The van der Waals surface area contributed by atoms with Crippen LogP contribution in [0.3, 0.4) is 0 Å². The Kier molecular flexibility index (Phi) is 20.6. The van der Waals surface area contributed by atoms with E-state index in [2.05, 4.69) is 64.1 Å². The van der Waals surface area contributed by atoms with Gasteiger partial charge in [-0.3, -0.25) is 0 Å². The molecule has 2 aromatic carbocycles. The van der Waals surface area contributed by atoms with Crippen LogP contribution in [-0.4, -0.2) is 0 Å². The van der Waals surface area contributed by atoms with Crippen LogP contribution >= 0.6 is 0 Å². The van der Waals surface area contributed by atoms with E-state index in [0.29, 0.717) is 0 Å². The van der Waals surface area contributed by atoms with E-state index in [1.54, 1.807) is 22.3 Å². The third kappa shape index (κ3) is 15.6. The van der Waals surface area contributed by atoms with Gasteiger partial charge in [0.25, 0.3) is 0 Å². The topological polar surface area (TPSA) is 0 Å². The standard InChI is InChI=1S/2C15H25.Fe/c2*1-3-5-7-9-14-11-12-15(13-14)10-8-6-4-2;/h2*11-13H,3-10H2,1-2H3;/q2*-1;+2. The monoisotopic (exact) mass is 466 g/mol. The molecule has 0 fully saturated rings. The fourth-order valence-corrected chi connectivity index (χ4v) is 4.04. The van der Waals surface area contributed by atoms with Gasteiger partial charge in [-0.25, -0.2) is 12.1 Å². The Balaban J connectivity index is 0.000000562. The van der Waals surface area contributed by atoms with Crippen molar-refractivity contribution < 1.29 is 17.1 Å². The molecule has 0 spiro atoms. The first-order valence-electron chi connectivity index (χ1n) is 13.2. The molecular formula is C30H50Fe. The van der Waals surface area contributed by atoms with E-state index in [1.165, 1.54) is 103 Å². The van der Waals surface area contributed by atoms with Crippen molar-refractivity contribution in [1.29, 1.82) is 0 Å². The van der Waals surface area contributed by atoms with E-state index in [4.69, 9.17) is 0 Å². The fourth-order valence-electron chi connectivity index (χ4n) is 4.04. The van der Waals surface area contributed by atoms with E-state index >= 15 is 0 Å². The minimum atomic E-state index is 0. The van der Waals surface area contributed by atoms with Gasteiger partial charge in [0.05, 0.1) is 0 Å². The van der Waals surface area contributed by atoms with Crippen molar-refractivity contribution in [2.75, 3.05) is 0 Å². The number of hydrogen-bond acceptors (Lipinski definition) is 0. The fraction of sp³-hybridized carbons (Fsp3) is 0.667. The van der Waals surface area contributed by atoms with Crippen LogP contribution in [-0.2, 0) is 42.8 Å². The van der Waals surface area contributed by atoms with Gasteiger partial charge >= 0.3 is 17.1 Å². The summed E-state index contributed by atoms with van der Waals surface area (Å²) in [4.78, 5) is 0. The van der Waals surface area contributed by atoms with Crippen LogP contribution in [0.1, 0.15) is 127 Å². The second-order valence-corrected chi connectivity index (χ2v) is 9.08. The molecule has 0 amide bonds. The molecule has 0 nitrogen and oxygen atoms in total. The van der Waals surface area contributed by atoms with Crippen molar-refractivity contribution in [3.05, 3.63) is 58.7 Å². The first-order valence-corrected chi connectivity index (χ1v) is 13.2. The van der Waals surface area contributed by atoms with Crippen LogP contribution < -0.4 is 0 Å². The summed E-state index contributed by atoms with van der Waals surface area (Å²) in [6.07, 6.45) is 21.3. The second kappa shape index (κ2) is 21.1. The van der Waals surface area contributed by atoms with Gasteiger partial charge in [0.2, 0.25) is 0 Å². The van der Waals surface area contributed by atoms with Crippen LogP contribution in [0, 0.1) is 0 Å². The van der Waals surface area contributed by atoms with Gasteiger partial charge in [-0.1, -0.05) is 130 Å². The Morgan fingerprint density at radius 1 is 0.677 bits per heavy atom. The number of rotatable bonds is 16. The zero-order chi connectivity index (χ0) is 21.9. The summed E-state index contributed by atoms with van der Waals surface area (Å²) in [6.45, 7) is 9.06. The van der Waals surface area contributed by atoms with Gasteiger partial charge in [0.15, 0.2) is 0 Å². The van der Waals surface area contributed by atoms with Crippen LogP contribution in [0.2, 0.25) is 0 Å². The zero-order valence-corrected chi connectivity index (χ0v) is 22.2. The zero-order valence-electron chi connectivity index (χ0n) is 21.1. The normalized spacial score (nSPS) is 10.5. The third-order valence-electron chi connectivity index (χ3n) is 6.04. The molecule has 0 N–H and O–H groups in total. The summed E-state index contributed by atoms with van der Waals surface area (Å²) in [5.74, 6) is 0. The van der Waals surface area contributed by atoms with E-state index in [0.717, 1.165) is 0 Å². The smallest absolute Gasteiger partial charge is 0.210 e. The summed E-state index contributed by atoms with van der Waals surface area (Å²) in [5.41, 5.74) is 6.20. The maximum absolute atomic E-state index is 2.41. The number of hydrogen-bond donors (Lipinski definition) is 0. The summed E-state index contributed by atoms with van der Waals surface area (Å²) < 4.78 is 0. The molecule has 2 rings (SSSR count). The Morgan fingerprint density at radius 3 is 1.84 bits per heavy atom. The molecular weight excluding hydrogens is 416 g/mol. The molecule has 0 saturated carbocycles.